The van der Waals surface area contributed by atoms with Crippen LogP contribution in [0.25, 0.3) is 6.08 Å². The molecule has 0 aliphatic rings. The molecule has 0 unspecified atom stereocenters. The molecule has 0 heterocycles. The Morgan fingerprint density at radius 1 is 1.09 bits per heavy atom. The van der Waals surface area contributed by atoms with Gasteiger partial charge in [-0.2, -0.15) is 0 Å². The van der Waals surface area contributed by atoms with Gasteiger partial charge in [0.1, 0.15) is 5.75 Å². The van der Waals surface area contributed by atoms with Crippen molar-refractivity contribution >= 4 is 29.6 Å². The molecule has 2 aromatic carbocycles. The first-order valence-corrected chi connectivity index (χ1v) is 6.80. The van der Waals surface area contributed by atoms with Crippen LogP contribution in [0.15, 0.2) is 54.6 Å². The highest BCUT2D eigenvalue weighted by Crippen LogP contribution is 2.17. The quantitative estimate of drug-likeness (QED) is 0.490. The number of benzene rings is 2. The number of carbonyl (C=O) groups excluding carboxylic acids is 2. The fraction of sp³-hybridized carbons (Fsp3) is 0.0588. The van der Waals surface area contributed by atoms with Crippen LogP contribution in [0.1, 0.15) is 15.9 Å². The van der Waals surface area contributed by atoms with E-state index in [2.05, 4.69) is 4.74 Å². The molecule has 0 saturated heterocycles. The van der Waals surface area contributed by atoms with Gasteiger partial charge in [-0.05, 0) is 42.0 Å². The molecular weight excluding hydrogens is 304 g/mol. The van der Waals surface area contributed by atoms with E-state index in [1.54, 1.807) is 54.6 Å². The number of ether oxygens (including phenoxy) is 2. The summed E-state index contributed by atoms with van der Waals surface area (Å²) in [7, 11) is 1.32. The summed E-state index contributed by atoms with van der Waals surface area (Å²) in [4.78, 5) is 23.0. The van der Waals surface area contributed by atoms with Crippen molar-refractivity contribution in [1.82, 2.24) is 0 Å². The van der Waals surface area contributed by atoms with E-state index in [1.807, 2.05) is 0 Å². The topological polar surface area (TPSA) is 52.6 Å². The van der Waals surface area contributed by atoms with Crippen molar-refractivity contribution in [3.63, 3.8) is 0 Å². The van der Waals surface area contributed by atoms with Gasteiger partial charge in [-0.15, -0.1) is 0 Å². The average molecular weight is 317 g/mol. The zero-order valence-electron chi connectivity index (χ0n) is 11.8. The molecule has 0 amide bonds. The van der Waals surface area contributed by atoms with Crippen molar-refractivity contribution in [2.24, 2.45) is 0 Å². The summed E-state index contributed by atoms with van der Waals surface area (Å²) in [5, 5.41) is 0.493. The third-order valence-electron chi connectivity index (χ3n) is 2.76. The first-order valence-electron chi connectivity index (χ1n) is 6.42. The highest BCUT2D eigenvalue weighted by Gasteiger charge is 2.04. The Kier molecular flexibility index (Phi) is 5.33. The predicted molar refractivity (Wildman–Crippen MR) is 83.9 cm³/mol. The highest BCUT2D eigenvalue weighted by atomic mass is 35.5. The molecule has 4 nitrogen and oxygen atoms in total. The number of rotatable bonds is 4. The van der Waals surface area contributed by atoms with Crippen LogP contribution in [-0.2, 0) is 9.53 Å². The summed E-state index contributed by atoms with van der Waals surface area (Å²) in [6.45, 7) is 0. The Balaban J connectivity index is 1.99. The Morgan fingerprint density at radius 3 is 2.45 bits per heavy atom. The summed E-state index contributed by atoms with van der Waals surface area (Å²) < 4.78 is 9.72. The molecule has 0 bridgehead atoms. The Hall–Kier alpha value is -2.59. The van der Waals surface area contributed by atoms with E-state index < -0.39 is 11.9 Å². The lowest BCUT2D eigenvalue weighted by atomic mass is 10.1. The summed E-state index contributed by atoms with van der Waals surface area (Å²) in [6, 6.07) is 13.2. The van der Waals surface area contributed by atoms with Gasteiger partial charge in [-0.3, -0.25) is 0 Å². The maximum absolute atomic E-state index is 11.7. The predicted octanol–water partition coefficient (Wildman–Crippen LogP) is 3.75. The fourth-order valence-corrected chi connectivity index (χ4v) is 1.87. The van der Waals surface area contributed by atoms with E-state index in [-0.39, 0.29) is 0 Å². The van der Waals surface area contributed by atoms with Gasteiger partial charge in [-0.1, -0.05) is 29.8 Å². The zero-order valence-corrected chi connectivity index (χ0v) is 12.5. The van der Waals surface area contributed by atoms with Gasteiger partial charge in [0.25, 0.3) is 0 Å². The van der Waals surface area contributed by atoms with Crippen molar-refractivity contribution in [3.05, 3.63) is 70.8 Å². The number of halogens is 1. The number of methoxy groups -OCH3 is 1. The van der Waals surface area contributed by atoms with E-state index in [0.29, 0.717) is 16.3 Å². The first kappa shape index (κ1) is 15.8. The Bertz CT molecular complexity index is 705. The number of hydrogen-bond acceptors (Lipinski definition) is 4. The van der Waals surface area contributed by atoms with E-state index >= 15 is 0 Å². The molecule has 0 saturated carbocycles. The van der Waals surface area contributed by atoms with Crippen LogP contribution in [-0.4, -0.2) is 19.0 Å². The van der Waals surface area contributed by atoms with E-state index in [4.69, 9.17) is 16.3 Å². The van der Waals surface area contributed by atoms with E-state index in [9.17, 15) is 9.59 Å². The van der Waals surface area contributed by atoms with Crippen LogP contribution in [0.2, 0.25) is 5.02 Å². The van der Waals surface area contributed by atoms with Crippen molar-refractivity contribution in [2.45, 2.75) is 0 Å². The summed E-state index contributed by atoms with van der Waals surface area (Å²) in [5.74, 6) is -0.543. The molecule has 2 aromatic rings. The molecule has 22 heavy (non-hydrogen) atoms. The number of carbonyl (C=O) groups is 2. The van der Waals surface area contributed by atoms with E-state index in [0.717, 1.165) is 5.56 Å². The molecule has 0 N–H and O–H groups in total. The van der Waals surface area contributed by atoms with Crippen LogP contribution in [0, 0.1) is 0 Å². The second-order valence-electron chi connectivity index (χ2n) is 4.33. The third kappa shape index (κ3) is 4.46. The fourth-order valence-electron chi connectivity index (χ4n) is 1.69. The lowest BCUT2D eigenvalue weighted by molar-refractivity contribution is -0.128. The normalized spacial score (nSPS) is 10.5. The van der Waals surface area contributed by atoms with Crippen LogP contribution in [0.3, 0.4) is 0 Å². The highest BCUT2D eigenvalue weighted by molar-refractivity contribution is 6.30. The molecule has 0 radical (unpaired) electrons. The van der Waals surface area contributed by atoms with Crippen molar-refractivity contribution in [1.29, 1.82) is 0 Å². The lowest BCUT2D eigenvalue weighted by Gasteiger charge is -2.01. The second-order valence-corrected chi connectivity index (χ2v) is 4.76. The number of esters is 2. The summed E-state index contributed by atoms with van der Waals surface area (Å²) in [6.07, 6.45) is 2.89. The average Bonchev–Trinajstić information content (AvgIpc) is 2.52. The summed E-state index contributed by atoms with van der Waals surface area (Å²) >= 11 is 5.81. The molecule has 112 valence electrons. The third-order valence-corrected chi connectivity index (χ3v) is 2.99. The SMILES string of the molecule is COC(=O)c1ccc(/C=C/C(=O)Oc2cccc(Cl)c2)cc1. The molecule has 5 heteroatoms. The second kappa shape index (κ2) is 7.43. The van der Waals surface area contributed by atoms with Crippen molar-refractivity contribution < 1.29 is 19.1 Å². The van der Waals surface area contributed by atoms with Gasteiger partial charge >= 0.3 is 11.9 Å². The van der Waals surface area contributed by atoms with Crippen molar-refractivity contribution in [2.75, 3.05) is 7.11 Å². The smallest absolute Gasteiger partial charge is 0.337 e. The van der Waals surface area contributed by atoms with Crippen LogP contribution in [0.5, 0.6) is 5.75 Å². The van der Waals surface area contributed by atoms with Gasteiger partial charge in [0.05, 0.1) is 12.7 Å². The Labute approximate surface area is 132 Å². The monoisotopic (exact) mass is 316 g/mol. The molecule has 0 aliphatic heterocycles. The Morgan fingerprint density at radius 2 is 1.82 bits per heavy atom. The molecule has 0 aromatic heterocycles. The van der Waals surface area contributed by atoms with Crippen LogP contribution >= 0.6 is 11.6 Å². The maximum atomic E-state index is 11.7. The molecule has 2 rings (SSSR count). The molecule has 0 spiro atoms. The van der Waals surface area contributed by atoms with Gasteiger partial charge < -0.3 is 9.47 Å². The molecular formula is C17H13ClO4. The molecule has 0 fully saturated rings. The van der Waals surface area contributed by atoms with Gasteiger partial charge in [-0.25, -0.2) is 9.59 Å². The zero-order chi connectivity index (χ0) is 15.9. The molecule has 0 atom stereocenters. The lowest BCUT2D eigenvalue weighted by Crippen LogP contribution is -2.03. The first-order chi connectivity index (χ1) is 10.6. The minimum Gasteiger partial charge on any atom is -0.465 e. The van der Waals surface area contributed by atoms with Crippen LogP contribution in [0.4, 0.5) is 0 Å². The standard InChI is InChI=1S/C17H13ClO4/c1-21-17(20)13-8-5-12(6-9-13)7-10-16(19)22-15-4-2-3-14(18)11-15/h2-11H,1H3/b10-7+. The maximum Gasteiger partial charge on any atom is 0.337 e. The largest absolute Gasteiger partial charge is 0.465 e. The molecule has 0 aliphatic carbocycles. The van der Waals surface area contributed by atoms with Crippen LogP contribution < -0.4 is 4.74 Å². The van der Waals surface area contributed by atoms with Gasteiger partial charge in [0.15, 0.2) is 0 Å². The summed E-state index contributed by atoms with van der Waals surface area (Å²) in [5.41, 5.74) is 1.21. The van der Waals surface area contributed by atoms with Gasteiger partial charge in [0, 0.05) is 11.1 Å². The van der Waals surface area contributed by atoms with Crippen molar-refractivity contribution in [3.8, 4) is 5.75 Å². The number of hydrogen-bond donors (Lipinski definition) is 0. The minimum absolute atomic E-state index is 0.378. The minimum atomic E-state index is -0.515. The van der Waals surface area contributed by atoms with E-state index in [1.165, 1.54) is 13.2 Å². The van der Waals surface area contributed by atoms with Gasteiger partial charge in [0.2, 0.25) is 0 Å².